The Kier molecular flexibility index (Phi) is 2.04. The van der Waals surface area contributed by atoms with Gasteiger partial charge in [0.1, 0.15) is 0 Å². The van der Waals surface area contributed by atoms with Crippen LogP contribution in [-0.4, -0.2) is 34.7 Å². The molecule has 0 aromatic carbocycles. The summed E-state index contributed by atoms with van der Waals surface area (Å²) < 4.78 is 0. The Morgan fingerprint density at radius 3 is 2.73 bits per heavy atom. The molecule has 4 nitrogen and oxygen atoms in total. The third-order valence-electron chi connectivity index (χ3n) is 2.36. The molecule has 1 atom stereocenters. The molecular formula is C7H14N2O2. The van der Waals surface area contributed by atoms with Crippen LogP contribution in [0.25, 0.3) is 0 Å². The maximum Gasteiger partial charge on any atom is 0.407 e. The molecule has 3 N–H and O–H groups in total. The minimum absolute atomic E-state index is 0.265. The third kappa shape index (κ3) is 1.63. The van der Waals surface area contributed by atoms with E-state index in [0.29, 0.717) is 13.1 Å². The van der Waals surface area contributed by atoms with Gasteiger partial charge >= 0.3 is 6.09 Å². The first-order valence-corrected chi connectivity index (χ1v) is 3.84. The Morgan fingerprint density at radius 1 is 1.82 bits per heavy atom. The quantitative estimate of drug-likeness (QED) is 0.583. The number of nitrogens with two attached hydrogens (primary N) is 1. The highest BCUT2D eigenvalue weighted by molar-refractivity contribution is 5.65. The highest BCUT2D eigenvalue weighted by atomic mass is 16.4. The number of carboxylic acid groups (broad SMARTS) is 1. The molecule has 1 amide bonds. The molecule has 1 fully saturated rings. The van der Waals surface area contributed by atoms with E-state index >= 15 is 0 Å². The van der Waals surface area contributed by atoms with Gasteiger partial charge in [0.2, 0.25) is 0 Å². The molecule has 0 saturated carbocycles. The molecule has 11 heavy (non-hydrogen) atoms. The number of nitrogens with zero attached hydrogens (tertiary/aromatic N) is 1. The summed E-state index contributed by atoms with van der Waals surface area (Å²) in [4.78, 5) is 11.9. The summed E-state index contributed by atoms with van der Waals surface area (Å²) in [5.74, 6) is 0. The minimum atomic E-state index is -0.856. The lowest BCUT2D eigenvalue weighted by Crippen LogP contribution is -2.42. The molecular weight excluding hydrogens is 144 g/mol. The molecule has 0 aromatic heterocycles. The van der Waals surface area contributed by atoms with Crippen molar-refractivity contribution in [1.29, 1.82) is 0 Å². The minimum Gasteiger partial charge on any atom is -0.465 e. The zero-order chi connectivity index (χ0) is 8.48. The predicted octanol–water partition coefficient (Wildman–Crippen LogP) is 0.478. The van der Waals surface area contributed by atoms with E-state index in [9.17, 15) is 4.79 Å². The average molecular weight is 158 g/mol. The van der Waals surface area contributed by atoms with Crippen molar-refractivity contribution < 1.29 is 9.90 Å². The second-order valence-corrected chi connectivity index (χ2v) is 3.17. The molecule has 1 heterocycles. The van der Waals surface area contributed by atoms with E-state index in [1.165, 1.54) is 4.90 Å². The van der Waals surface area contributed by atoms with E-state index in [1.54, 1.807) is 0 Å². The van der Waals surface area contributed by atoms with E-state index in [-0.39, 0.29) is 5.54 Å². The van der Waals surface area contributed by atoms with Gasteiger partial charge in [-0.2, -0.15) is 0 Å². The van der Waals surface area contributed by atoms with Gasteiger partial charge in [-0.3, -0.25) is 0 Å². The van der Waals surface area contributed by atoms with Gasteiger partial charge in [0.05, 0.1) is 0 Å². The Hall–Kier alpha value is -0.770. The second-order valence-electron chi connectivity index (χ2n) is 3.17. The molecule has 0 aliphatic carbocycles. The lowest BCUT2D eigenvalue weighted by molar-refractivity contribution is 0.153. The summed E-state index contributed by atoms with van der Waals surface area (Å²) in [6.45, 7) is 3.06. The molecule has 4 heteroatoms. The standard InChI is InChI=1S/C7H14N2O2/c1-2-7(8)3-4-9(5-7)6(10)11/h2-5,8H2,1H3,(H,10,11). The van der Waals surface area contributed by atoms with E-state index < -0.39 is 6.09 Å². The molecule has 64 valence electrons. The fourth-order valence-electron chi connectivity index (χ4n) is 1.35. The Bertz CT molecular complexity index is 172. The molecule has 1 aliphatic rings. The molecule has 1 unspecified atom stereocenters. The van der Waals surface area contributed by atoms with Gasteiger partial charge < -0.3 is 15.7 Å². The Morgan fingerprint density at radius 2 is 2.45 bits per heavy atom. The number of carbonyl (C=O) groups is 1. The molecule has 1 aliphatic heterocycles. The van der Waals surface area contributed by atoms with Crippen molar-refractivity contribution >= 4 is 6.09 Å². The lowest BCUT2D eigenvalue weighted by atomic mass is 9.97. The van der Waals surface area contributed by atoms with Crippen LogP contribution >= 0.6 is 0 Å². The number of hydrogen-bond acceptors (Lipinski definition) is 2. The largest absolute Gasteiger partial charge is 0.465 e. The van der Waals surface area contributed by atoms with Crippen molar-refractivity contribution in [2.75, 3.05) is 13.1 Å². The van der Waals surface area contributed by atoms with Crippen LogP contribution in [0, 0.1) is 0 Å². The van der Waals surface area contributed by atoms with E-state index in [4.69, 9.17) is 10.8 Å². The fourth-order valence-corrected chi connectivity index (χ4v) is 1.35. The maximum atomic E-state index is 10.5. The Balaban J connectivity index is 2.53. The van der Waals surface area contributed by atoms with Crippen LogP contribution in [-0.2, 0) is 0 Å². The number of likely N-dealkylation sites (tertiary alicyclic amines) is 1. The topological polar surface area (TPSA) is 66.6 Å². The molecule has 0 bridgehead atoms. The van der Waals surface area contributed by atoms with Gasteiger partial charge in [0.25, 0.3) is 0 Å². The van der Waals surface area contributed by atoms with E-state index in [2.05, 4.69) is 0 Å². The normalized spacial score (nSPS) is 30.9. The van der Waals surface area contributed by atoms with Gasteiger partial charge in [-0.25, -0.2) is 4.79 Å². The summed E-state index contributed by atoms with van der Waals surface area (Å²) in [5.41, 5.74) is 5.62. The van der Waals surface area contributed by atoms with Crippen LogP contribution in [0.2, 0.25) is 0 Å². The molecule has 0 spiro atoms. The van der Waals surface area contributed by atoms with Crippen LogP contribution < -0.4 is 5.73 Å². The van der Waals surface area contributed by atoms with Crippen molar-refractivity contribution in [1.82, 2.24) is 4.90 Å². The van der Waals surface area contributed by atoms with Gasteiger partial charge in [-0.15, -0.1) is 0 Å². The van der Waals surface area contributed by atoms with Crippen LogP contribution in [0.5, 0.6) is 0 Å². The summed E-state index contributed by atoms with van der Waals surface area (Å²) >= 11 is 0. The van der Waals surface area contributed by atoms with Crippen LogP contribution in [0.3, 0.4) is 0 Å². The first kappa shape index (κ1) is 8.33. The second kappa shape index (κ2) is 2.70. The van der Waals surface area contributed by atoms with Gasteiger partial charge in [0, 0.05) is 18.6 Å². The number of amides is 1. The van der Waals surface area contributed by atoms with Crippen molar-refractivity contribution in [3.63, 3.8) is 0 Å². The summed E-state index contributed by atoms with van der Waals surface area (Å²) in [6, 6.07) is 0. The van der Waals surface area contributed by atoms with Gasteiger partial charge in [-0.05, 0) is 12.8 Å². The van der Waals surface area contributed by atoms with Crippen molar-refractivity contribution in [3.8, 4) is 0 Å². The number of hydrogen-bond donors (Lipinski definition) is 2. The first-order chi connectivity index (χ1) is 5.07. The highest BCUT2D eigenvalue weighted by Gasteiger charge is 2.34. The monoisotopic (exact) mass is 158 g/mol. The average Bonchev–Trinajstić information content (AvgIpc) is 2.33. The molecule has 0 radical (unpaired) electrons. The predicted molar refractivity (Wildman–Crippen MR) is 41.4 cm³/mol. The number of rotatable bonds is 1. The summed E-state index contributed by atoms with van der Waals surface area (Å²) in [7, 11) is 0. The summed E-state index contributed by atoms with van der Waals surface area (Å²) in [5, 5.41) is 8.61. The zero-order valence-corrected chi connectivity index (χ0v) is 6.71. The van der Waals surface area contributed by atoms with Crippen molar-refractivity contribution in [2.45, 2.75) is 25.3 Å². The Labute approximate surface area is 66.0 Å². The van der Waals surface area contributed by atoms with Crippen LogP contribution in [0.15, 0.2) is 0 Å². The van der Waals surface area contributed by atoms with Crippen LogP contribution in [0.4, 0.5) is 4.79 Å². The van der Waals surface area contributed by atoms with E-state index in [0.717, 1.165) is 12.8 Å². The van der Waals surface area contributed by atoms with Crippen LogP contribution in [0.1, 0.15) is 19.8 Å². The van der Waals surface area contributed by atoms with E-state index in [1.807, 2.05) is 6.92 Å². The molecule has 1 saturated heterocycles. The van der Waals surface area contributed by atoms with Gasteiger partial charge in [-0.1, -0.05) is 6.92 Å². The SMILES string of the molecule is CCC1(N)CCN(C(=O)O)C1. The zero-order valence-electron chi connectivity index (χ0n) is 6.71. The third-order valence-corrected chi connectivity index (χ3v) is 2.36. The first-order valence-electron chi connectivity index (χ1n) is 3.84. The van der Waals surface area contributed by atoms with Crippen molar-refractivity contribution in [3.05, 3.63) is 0 Å². The molecule has 1 rings (SSSR count). The fraction of sp³-hybridized carbons (Fsp3) is 0.857. The summed E-state index contributed by atoms with van der Waals surface area (Å²) in [6.07, 6.45) is 0.776. The maximum absolute atomic E-state index is 10.5. The lowest BCUT2D eigenvalue weighted by Gasteiger charge is -2.21. The molecule has 0 aromatic rings. The van der Waals surface area contributed by atoms with Gasteiger partial charge in [0.15, 0.2) is 0 Å². The van der Waals surface area contributed by atoms with Crippen molar-refractivity contribution in [2.24, 2.45) is 5.73 Å². The highest BCUT2D eigenvalue weighted by Crippen LogP contribution is 2.21. The smallest absolute Gasteiger partial charge is 0.407 e.